The van der Waals surface area contributed by atoms with Gasteiger partial charge in [0.05, 0.1) is 45.5 Å². The van der Waals surface area contributed by atoms with E-state index in [1.165, 1.54) is 14.2 Å². The highest BCUT2D eigenvalue weighted by atomic mass is 127. The van der Waals surface area contributed by atoms with Gasteiger partial charge in [-0.3, -0.25) is 9.59 Å². The first-order chi connectivity index (χ1) is 13.0. The SMILES string of the molecule is COc1cc(OC)c(CNC(=O)CNC(=O)c2ccccc2I)c(OC)c1. The summed E-state index contributed by atoms with van der Waals surface area (Å²) in [6.07, 6.45) is 0. The number of amides is 2. The fourth-order valence-corrected chi connectivity index (χ4v) is 3.04. The zero-order valence-corrected chi connectivity index (χ0v) is 17.5. The molecular formula is C19H21IN2O5. The third-order valence-corrected chi connectivity index (χ3v) is 4.75. The fourth-order valence-electron chi connectivity index (χ4n) is 2.40. The Hall–Kier alpha value is -2.49. The highest BCUT2D eigenvalue weighted by Gasteiger charge is 2.15. The van der Waals surface area contributed by atoms with Gasteiger partial charge in [-0.25, -0.2) is 0 Å². The Balaban J connectivity index is 1.97. The molecule has 0 fully saturated rings. The van der Waals surface area contributed by atoms with Crippen molar-refractivity contribution in [1.29, 1.82) is 0 Å². The van der Waals surface area contributed by atoms with Crippen LogP contribution >= 0.6 is 22.6 Å². The van der Waals surface area contributed by atoms with Crippen molar-refractivity contribution >= 4 is 34.4 Å². The molecule has 0 saturated heterocycles. The lowest BCUT2D eigenvalue weighted by Crippen LogP contribution is -2.37. The Labute approximate surface area is 171 Å². The Kier molecular flexibility index (Phi) is 7.71. The highest BCUT2D eigenvalue weighted by Crippen LogP contribution is 2.33. The van der Waals surface area contributed by atoms with Gasteiger partial charge in [0.2, 0.25) is 5.91 Å². The van der Waals surface area contributed by atoms with Crippen LogP contribution in [0.2, 0.25) is 0 Å². The third-order valence-electron chi connectivity index (χ3n) is 3.81. The molecule has 2 aromatic rings. The van der Waals surface area contributed by atoms with E-state index in [2.05, 4.69) is 33.2 Å². The minimum Gasteiger partial charge on any atom is -0.496 e. The Morgan fingerprint density at radius 2 is 1.59 bits per heavy atom. The van der Waals surface area contributed by atoms with E-state index in [1.54, 1.807) is 31.4 Å². The molecule has 2 aromatic carbocycles. The molecule has 0 aliphatic rings. The largest absolute Gasteiger partial charge is 0.496 e. The lowest BCUT2D eigenvalue weighted by molar-refractivity contribution is -0.120. The van der Waals surface area contributed by atoms with Crippen LogP contribution in [-0.2, 0) is 11.3 Å². The number of benzene rings is 2. The van der Waals surface area contributed by atoms with Crippen molar-refractivity contribution in [3.63, 3.8) is 0 Å². The van der Waals surface area contributed by atoms with Crippen molar-refractivity contribution in [1.82, 2.24) is 10.6 Å². The molecule has 27 heavy (non-hydrogen) atoms. The van der Waals surface area contributed by atoms with E-state index < -0.39 is 0 Å². The van der Waals surface area contributed by atoms with E-state index in [1.807, 2.05) is 12.1 Å². The summed E-state index contributed by atoms with van der Waals surface area (Å²) in [5.41, 5.74) is 1.21. The van der Waals surface area contributed by atoms with E-state index in [0.717, 1.165) is 3.57 Å². The number of hydrogen-bond acceptors (Lipinski definition) is 5. The van der Waals surface area contributed by atoms with Gasteiger partial charge in [-0.05, 0) is 34.7 Å². The number of hydrogen-bond donors (Lipinski definition) is 2. The van der Waals surface area contributed by atoms with Gasteiger partial charge in [0.25, 0.3) is 5.91 Å². The molecule has 0 aromatic heterocycles. The zero-order chi connectivity index (χ0) is 19.8. The number of ether oxygens (including phenoxy) is 3. The normalized spacial score (nSPS) is 10.1. The minimum atomic E-state index is -0.325. The average Bonchev–Trinajstić information content (AvgIpc) is 2.69. The van der Waals surface area contributed by atoms with Crippen molar-refractivity contribution in [2.24, 2.45) is 0 Å². The van der Waals surface area contributed by atoms with Crippen LogP contribution in [0.1, 0.15) is 15.9 Å². The number of halogens is 1. The van der Waals surface area contributed by atoms with Crippen LogP contribution < -0.4 is 24.8 Å². The molecule has 0 atom stereocenters. The van der Waals surface area contributed by atoms with Gasteiger partial charge in [-0.15, -0.1) is 0 Å². The number of carbonyl (C=O) groups is 2. The highest BCUT2D eigenvalue weighted by molar-refractivity contribution is 14.1. The van der Waals surface area contributed by atoms with Crippen molar-refractivity contribution in [2.45, 2.75) is 6.54 Å². The van der Waals surface area contributed by atoms with Gasteiger partial charge >= 0.3 is 0 Å². The van der Waals surface area contributed by atoms with Gasteiger partial charge in [0.15, 0.2) is 0 Å². The maximum atomic E-state index is 12.2. The summed E-state index contributed by atoms with van der Waals surface area (Å²) in [6, 6.07) is 10.6. The number of methoxy groups -OCH3 is 3. The van der Waals surface area contributed by atoms with Gasteiger partial charge in [0, 0.05) is 15.7 Å². The molecule has 7 nitrogen and oxygen atoms in total. The molecule has 0 radical (unpaired) electrons. The second kappa shape index (κ2) is 10.0. The second-order valence-corrected chi connectivity index (χ2v) is 6.61. The first-order valence-corrected chi connectivity index (χ1v) is 9.16. The van der Waals surface area contributed by atoms with Gasteiger partial charge in [0.1, 0.15) is 17.2 Å². The van der Waals surface area contributed by atoms with Gasteiger partial charge < -0.3 is 24.8 Å². The standard InChI is InChI=1S/C19H21IN2O5/c1-25-12-8-16(26-2)14(17(9-12)27-3)10-21-18(23)11-22-19(24)13-6-4-5-7-15(13)20/h4-9H,10-11H2,1-3H3,(H,21,23)(H,22,24). The van der Waals surface area contributed by atoms with Gasteiger partial charge in [-0.2, -0.15) is 0 Å². The third kappa shape index (κ3) is 5.49. The van der Waals surface area contributed by atoms with Crippen molar-refractivity contribution in [3.05, 3.63) is 51.1 Å². The Bertz CT molecular complexity index is 800. The van der Waals surface area contributed by atoms with Crippen LogP contribution in [0.15, 0.2) is 36.4 Å². The Morgan fingerprint density at radius 3 is 2.15 bits per heavy atom. The molecule has 0 bridgehead atoms. The fraction of sp³-hybridized carbons (Fsp3) is 0.263. The molecular weight excluding hydrogens is 463 g/mol. The van der Waals surface area contributed by atoms with E-state index >= 15 is 0 Å². The van der Waals surface area contributed by atoms with Gasteiger partial charge in [-0.1, -0.05) is 12.1 Å². The van der Waals surface area contributed by atoms with Crippen LogP contribution in [0.25, 0.3) is 0 Å². The summed E-state index contributed by atoms with van der Waals surface area (Å²) < 4.78 is 16.7. The summed E-state index contributed by atoms with van der Waals surface area (Å²) in [6.45, 7) is 0.0541. The molecule has 0 aliphatic carbocycles. The van der Waals surface area contributed by atoms with Crippen LogP contribution in [-0.4, -0.2) is 39.7 Å². The zero-order valence-electron chi connectivity index (χ0n) is 15.3. The molecule has 2 amide bonds. The van der Waals surface area contributed by atoms with E-state index in [0.29, 0.717) is 28.4 Å². The summed E-state index contributed by atoms with van der Waals surface area (Å²) in [4.78, 5) is 24.3. The molecule has 0 aliphatic heterocycles. The first kappa shape index (κ1) is 20.8. The number of nitrogens with one attached hydrogen (secondary N) is 2. The van der Waals surface area contributed by atoms with Crippen LogP contribution in [0.3, 0.4) is 0 Å². The molecule has 0 unspecified atom stereocenters. The van der Waals surface area contributed by atoms with E-state index in [4.69, 9.17) is 14.2 Å². The quantitative estimate of drug-likeness (QED) is 0.563. The first-order valence-electron chi connectivity index (χ1n) is 8.08. The average molecular weight is 484 g/mol. The smallest absolute Gasteiger partial charge is 0.252 e. The Morgan fingerprint density at radius 1 is 0.963 bits per heavy atom. The lowest BCUT2D eigenvalue weighted by Gasteiger charge is -2.15. The van der Waals surface area contributed by atoms with Crippen LogP contribution in [0.5, 0.6) is 17.2 Å². The molecule has 2 rings (SSSR count). The van der Waals surface area contributed by atoms with Crippen molar-refractivity contribution < 1.29 is 23.8 Å². The van der Waals surface area contributed by atoms with E-state index in [9.17, 15) is 9.59 Å². The summed E-state index contributed by atoms with van der Waals surface area (Å²) in [5, 5.41) is 5.36. The molecule has 0 spiro atoms. The summed E-state index contributed by atoms with van der Waals surface area (Å²) in [5.74, 6) is 1.04. The number of carbonyl (C=O) groups excluding carboxylic acids is 2. The molecule has 0 heterocycles. The maximum absolute atomic E-state index is 12.2. The van der Waals surface area contributed by atoms with Crippen molar-refractivity contribution in [3.8, 4) is 17.2 Å². The predicted octanol–water partition coefficient (Wildman–Crippen LogP) is 2.36. The maximum Gasteiger partial charge on any atom is 0.252 e. The van der Waals surface area contributed by atoms with Crippen molar-refractivity contribution in [2.75, 3.05) is 27.9 Å². The molecule has 2 N–H and O–H groups in total. The summed E-state index contributed by atoms with van der Waals surface area (Å²) in [7, 11) is 4.61. The monoisotopic (exact) mass is 484 g/mol. The van der Waals surface area contributed by atoms with Crippen LogP contribution in [0.4, 0.5) is 0 Å². The van der Waals surface area contributed by atoms with Crippen LogP contribution in [0, 0.1) is 3.57 Å². The second-order valence-electron chi connectivity index (χ2n) is 5.45. The minimum absolute atomic E-state index is 0.134. The predicted molar refractivity (Wildman–Crippen MR) is 109 cm³/mol. The van der Waals surface area contributed by atoms with E-state index in [-0.39, 0.29) is 24.9 Å². The number of rotatable bonds is 8. The topological polar surface area (TPSA) is 85.9 Å². The molecule has 8 heteroatoms. The lowest BCUT2D eigenvalue weighted by atomic mass is 10.1. The molecule has 0 saturated carbocycles. The molecule has 144 valence electrons. The summed E-state index contributed by atoms with van der Waals surface area (Å²) >= 11 is 2.08.